The first kappa shape index (κ1) is 15.7. The van der Waals surface area contributed by atoms with Gasteiger partial charge in [-0.3, -0.25) is 4.79 Å². The number of nitrogens with zero attached hydrogens (tertiary/aromatic N) is 4. The van der Waals surface area contributed by atoms with Gasteiger partial charge < -0.3 is 14.4 Å². The molecule has 0 radical (unpaired) electrons. The summed E-state index contributed by atoms with van der Waals surface area (Å²) in [5.41, 5.74) is 0.420. The van der Waals surface area contributed by atoms with E-state index in [9.17, 15) is 9.18 Å². The van der Waals surface area contributed by atoms with Crippen molar-refractivity contribution >= 4 is 11.6 Å². The highest BCUT2D eigenvalue weighted by atomic mass is 19.1. The molecule has 2 aromatic rings. The number of rotatable bonds is 3. The van der Waals surface area contributed by atoms with Crippen molar-refractivity contribution in [2.75, 3.05) is 24.5 Å². The topological polar surface area (TPSA) is 41.4 Å². The second kappa shape index (κ2) is 5.12. The minimum Gasteiger partial charge on any atom is -0.355 e. The summed E-state index contributed by atoms with van der Waals surface area (Å²) in [7, 11) is 0. The number of halogens is 1. The maximum absolute atomic E-state index is 14.5. The molecule has 4 heterocycles. The van der Waals surface area contributed by atoms with Gasteiger partial charge in [0.15, 0.2) is 11.5 Å². The summed E-state index contributed by atoms with van der Waals surface area (Å²) >= 11 is 0. The molecule has 2 aromatic heterocycles. The Balaban J connectivity index is 1.46. The standard InChI is InChI=1S/C21H23FN4O/c22-20(7-8-20)19(27)24-12-9-21(14-24)17-4-2-11-25(17)18-16(3-1-10-23-18)26(21)13-15-5-6-15/h1-4,10-11,15H,5-9,12-14H2/t21-/m0/s1. The number of anilines is 1. The molecular formula is C21H23FN4O. The lowest BCUT2D eigenvalue weighted by Crippen LogP contribution is -2.54. The molecule has 1 atom stereocenters. The third-order valence-electron chi connectivity index (χ3n) is 6.77. The third kappa shape index (κ3) is 2.15. The molecule has 5 nitrogen and oxygen atoms in total. The lowest BCUT2D eigenvalue weighted by Gasteiger charge is -2.47. The number of pyridine rings is 1. The number of hydrogen-bond acceptors (Lipinski definition) is 3. The van der Waals surface area contributed by atoms with Gasteiger partial charge in [0.05, 0.1) is 11.4 Å². The Morgan fingerprint density at radius 2 is 2.07 bits per heavy atom. The van der Waals surface area contributed by atoms with E-state index >= 15 is 0 Å². The molecule has 6 heteroatoms. The van der Waals surface area contributed by atoms with Crippen LogP contribution in [0.3, 0.4) is 0 Å². The summed E-state index contributed by atoms with van der Waals surface area (Å²) < 4.78 is 16.6. The lowest BCUT2D eigenvalue weighted by atomic mass is 9.88. The third-order valence-corrected chi connectivity index (χ3v) is 6.77. The first-order chi connectivity index (χ1) is 13.1. The van der Waals surface area contributed by atoms with Crippen LogP contribution in [0.4, 0.5) is 10.1 Å². The Morgan fingerprint density at radius 3 is 2.85 bits per heavy atom. The van der Waals surface area contributed by atoms with Gasteiger partial charge in [-0.1, -0.05) is 0 Å². The maximum atomic E-state index is 14.5. The number of alkyl halides is 1. The van der Waals surface area contributed by atoms with Crippen LogP contribution < -0.4 is 4.90 Å². The molecule has 1 spiro atoms. The van der Waals surface area contributed by atoms with Crippen molar-refractivity contribution in [2.24, 2.45) is 5.92 Å². The van der Waals surface area contributed by atoms with Crippen molar-refractivity contribution in [3.8, 4) is 5.82 Å². The van der Waals surface area contributed by atoms with Crippen molar-refractivity contribution in [3.63, 3.8) is 0 Å². The van der Waals surface area contributed by atoms with Crippen LogP contribution in [0, 0.1) is 5.92 Å². The molecule has 27 heavy (non-hydrogen) atoms. The van der Waals surface area contributed by atoms with Crippen LogP contribution in [-0.2, 0) is 10.3 Å². The van der Waals surface area contributed by atoms with E-state index in [4.69, 9.17) is 0 Å². The fraction of sp³-hybridized carbons (Fsp3) is 0.524. The minimum atomic E-state index is -1.59. The van der Waals surface area contributed by atoms with Crippen molar-refractivity contribution in [2.45, 2.75) is 43.3 Å². The smallest absolute Gasteiger partial charge is 0.260 e. The van der Waals surface area contributed by atoms with Gasteiger partial charge in [0.25, 0.3) is 5.91 Å². The van der Waals surface area contributed by atoms with Crippen LogP contribution in [0.25, 0.3) is 5.82 Å². The Kier molecular flexibility index (Phi) is 2.97. The minimum absolute atomic E-state index is 0.289. The molecule has 2 aliphatic heterocycles. The van der Waals surface area contributed by atoms with E-state index in [1.54, 1.807) is 4.90 Å². The average Bonchev–Trinajstić information content (AvgIpc) is 3.54. The Hall–Kier alpha value is -2.37. The van der Waals surface area contributed by atoms with Crippen molar-refractivity contribution in [1.29, 1.82) is 0 Å². The molecule has 4 aliphatic rings. The van der Waals surface area contributed by atoms with Crippen LogP contribution in [0.15, 0.2) is 36.7 Å². The van der Waals surface area contributed by atoms with Crippen LogP contribution in [0.5, 0.6) is 0 Å². The predicted octanol–water partition coefficient (Wildman–Crippen LogP) is 3.03. The quantitative estimate of drug-likeness (QED) is 0.838. The summed E-state index contributed by atoms with van der Waals surface area (Å²) in [6.45, 7) is 2.15. The van der Waals surface area contributed by atoms with Gasteiger partial charge in [-0.15, -0.1) is 0 Å². The highest BCUT2D eigenvalue weighted by Gasteiger charge is 2.57. The number of aromatic nitrogens is 2. The average molecular weight is 366 g/mol. The summed E-state index contributed by atoms with van der Waals surface area (Å²) in [5.74, 6) is 1.36. The molecular weight excluding hydrogens is 343 g/mol. The van der Waals surface area contributed by atoms with E-state index in [1.807, 2.05) is 12.3 Å². The Bertz CT molecular complexity index is 932. The van der Waals surface area contributed by atoms with E-state index in [2.05, 4.69) is 38.8 Å². The first-order valence-corrected chi connectivity index (χ1v) is 10.00. The number of carbonyl (C=O) groups excluding carboxylic acids is 1. The lowest BCUT2D eigenvalue weighted by molar-refractivity contribution is -0.137. The molecule has 140 valence electrons. The highest BCUT2D eigenvalue weighted by Crippen LogP contribution is 2.50. The molecule has 2 aliphatic carbocycles. The maximum Gasteiger partial charge on any atom is 0.260 e. The van der Waals surface area contributed by atoms with Gasteiger partial charge in [0.2, 0.25) is 0 Å². The molecule has 0 N–H and O–H groups in total. The fourth-order valence-electron chi connectivity index (χ4n) is 4.93. The molecule has 1 amide bonds. The number of hydrogen-bond donors (Lipinski definition) is 0. The number of carbonyl (C=O) groups is 1. The summed E-state index contributed by atoms with van der Waals surface area (Å²) in [6.07, 6.45) is 8.01. The number of amides is 1. The fourth-order valence-corrected chi connectivity index (χ4v) is 4.93. The predicted molar refractivity (Wildman–Crippen MR) is 99.6 cm³/mol. The number of likely N-dealkylation sites (tertiary alicyclic amines) is 1. The molecule has 1 saturated heterocycles. The van der Waals surface area contributed by atoms with Crippen molar-refractivity contribution < 1.29 is 9.18 Å². The van der Waals surface area contributed by atoms with Crippen molar-refractivity contribution in [3.05, 3.63) is 42.4 Å². The van der Waals surface area contributed by atoms with Gasteiger partial charge >= 0.3 is 0 Å². The Labute approximate surface area is 157 Å². The van der Waals surface area contributed by atoms with Crippen LogP contribution in [0.1, 0.15) is 37.8 Å². The molecule has 0 unspecified atom stereocenters. The molecule has 3 fully saturated rings. The van der Waals surface area contributed by atoms with E-state index in [0.29, 0.717) is 31.8 Å². The summed E-state index contributed by atoms with van der Waals surface area (Å²) in [5, 5.41) is 0. The number of fused-ring (bicyclic) bond motifs is 4. The molecule has 2 saturated carbocycles. The molecule has 0 aromatic carbocycles. The zero-order chi connectivity index (χ0) is 18.2. The van der Waals surface area contributed by atoms with E-state index < -0.39 is 5.67 Å². The first-order valence-electron chi connectivity index (χ1n) is 10.00. The van der Waals surface area contributed by atoms with E-state index in [1.165, 1.54) is 18.5 Å². The summed E-state index contributed by atoms with van der Waals surface area (Å²) in [4.78, 5) is 21.6. The zero-order valence-corrected chi connectivity index (χ0v) is 15.3. The largest absolute Gasteiger partial charge is 0.355 e. The zero-order valence-electron chi connectivity index (χ0n) is 15.3. The van der Waals surface area contributed by atoms with Gasteiger partial charge in [-0.2, -0.15) is 0 Å². The summed E-state index contributed by atoms with van der Waals surface area (Å²) in [6, 6.07) is 8.32. The Morgan fingerprint density at radius 1 is 1.22 bits per heavy atom. The van der Waals surface area contributed by atoms with E-state index in [0.717, 1.165) is 24.5 Å². The van der Waals surface area contributed by atoms with Crippen LogP contribution in [-0.4, -0.2) is 45.7 Å². The normalized spacial score (nSPS) is 27.6. The molecule has 6 rings (SSSR count). The second-order valence-electron chi connectivity index (χ2n) is 8.64. The molecule has 0 bridgehead atoms. The highest BCUT2D eigenvalue weighted by molar-refractivity contribution is 5.88. The van der Waals surface area contributed by atoms with Crippen LogP contribution in [0.2, 0.25) is 0 Å². The van der Waals surface area contributed by atoms with E-state index in [-0.39, 0.29) is 11.4 Å². The van der Waals surface area contributed by atoms with Crippen LogP contribution >= 0.6 is 0 Å². The van der Waals surface area contributed by atoms with Crippen molar-refractivity contribution in [1.82, 2.24) is 14.5 Å². The second-order valence-corrected chi connectivity index (χ2v) is 8.64. The van der Waals surface area contributed by atoms with Gasteiger partial charge in [-0.05, 0) is 62.3 Å². The monoisotopic (exact) mass is 366 g/mol. The van der Waals surface area contributed by atoms with Gasteiger partial charge in [-0.25, -0.2) is 9.37 Å². The SMILES string of the molecule is O=C(N1CC[C@]2(C1)c1cccn1-c1ncccc1N2CC1CC1)C1(F)CC1. The van der Waals surface area contributed by atoms with Gasteiger partial charge in [0, 0.05) is 32.0 Å². The van der Waals surface area contributed by atoms with Gasteiger partial charge in [0.1, 0.15) is 5.54 Å².